The Balaban J connectivity index is 1.58. The second kappa shape index (κ2) is 5.95. The molecule has 0 saturated heterocycles. The summed E-state index contributed by atoms with van der Waals surface area (Å²) < 4.78 is 16.1. The highest BCUT2D eigenvalue weighted by molar-refractivity contribution is 7.10. The molecule has 0 bridgehead atoms. The molecule has 0 radical (unpaired) electrons. The van der Waals surface area contributed by atoms with Gasteiger partial charge in [-0.2, -0.15) is 0 Å². The summed E-state index contributed by atoms with van der Waals surface area (Å²) in [5, 5.41) is 4.01. The Hall–Kier alpha value is -1.37. The molecule has 0 aliphatic carbocycles. The molecule has 0 saturated carbocycles. The molecule has 0 amide bonds. The highest BCUT2D eigenvalue weighted by Gasteiger charge is 2.22. The fourth-order valence-corrected chi connectivity index (χ4v) is 2.72. The SMILES string of the molecule is CN(Cc1nnsc1Cl)C[C@H]1COc2ccccc2O1. The molecule has 1 atom stereocenters. The first kappa shape index (κ1) is 13.6. The largest absolute Gasteiger partial charge is 0.486 e. The molecule has 1 aromatic carbocycles. The van der Waals surface area contributed by atoms with Gasteiger partial charge >= 0.3 is 0 Å². The number of fused-ring (bicyclic) bond motifs is 1. The Morgan fingerprint density at radius 2 is 2.20 bits per heavy atom. The van der Waals surface area contributed by atoms with Crippen molar-refractivity contribution in [2.24, 2.45) is 0 Å². The van der Waals surface area contributed by atoms with Crippen molar-refractivity contribution in [1.29, 1.82) is 0 Å². The minimum absolute atomic E-state index is 0.000250. The molecule has 2 heterocycles. The molecule has 20 heavy (non-hydrogen) atoms. The highest BCUT2D eigenvalue weighted by atomic mass is 35.5. The van der Waals surface area contributed by atoms with Crippen molar-refractivity contribution in [3.05, 3.63) is 34.3 Å². The lowest BCUT2D eigenvalue weighted by Gasteiger charge is -2.29. The molecule has 0 N–H and O–H groups in total. The van der Waals surface area contributed by atoms with Crippen molar-refractivity contribution < 1.29 is 9.47 Å². The Bertz CT molecular complexity index is 593. The number of likely N-dealkylation sites (N-methyl/N-ethyl adjacent to an activating group) is 1. The van der Waals surface area contributed by atoms with Gasteiger partial charge in [0.25, 0.3) is 0 Å². The van der Waals surface area contributed by atoms with E-state index in [1.54, 1.807) is 0 Å². The van der Waals surface area contributed by atoms with Crippen LogP contribution < -0.4 is 9.47 Å². The first-order chi connectivity index (χ1) is 9.72. The van der Waals surface area contributed by atoms with E-state index in [1.807, 2.05) is 31.3 Å². The Morgan fingerprint density at radius 1 is 1.40 bits per heavy atom. The predicted octanol–water partition coefficient (Wildman–Crippen LogP) is 2.46. The third kappa shape index (κ3) is 3.03. The quantitative estimate of drug-likeness (QED) is 0.868. The third-order valence-electron chi connectivity index (χ3n) is 3.01. The Morgan fingerprint density at radius 3 is 2.95 bits per heavy atom. The van der Waals surface area contributed by atoms with Gasteiger partial charge in [-0.05, 0) is 19.2 Å². The first-order valence-electron chi connectivity index (χ1n) is 6.26. The maximum Gasteiger partial charge on any atom is 0.161 e. The summed E-state index contributed by atoms with van der Waals surface area (Å²) in [7, 11) is 2.00. The molecule has 1 aromatic heterocycles. The van der Waals surface area contributed by atoms with Crippen molar-refractivity contribution >= 4 is 23.1 Å². The maximum absolute atomic E-state index is 6.00. The van der Waals surface area contributed by atoms with Gasteiger partial charge in [0.1, 0.15) is 22.7 Å². The van der Waals surface area contributed by atoms with E-state index in [4.69, 9.17) is 21.1 Å². The number of hydrogen-bond acceptors (Lipinski definition) is 6. The lowest BCUT2D eigenvalue weighted by Crippen LogP contribution is -2.39. The number of aromatic nitrogens is 2. The molecule has 0 spiro atoms. The number of rotatable bonds is 4. The van der Waals surface area contributed by atoms with Crippen molar-refractivity contribution in [3.63, 3.8) is 0 Å². The minimum Gasteiger partial charge on any atom is -0.486 e. The number of para-hydroxylation sites is 2. The van der Waals surface area contributed by atoms with Crippen LogP contribution in [-0.2, 0) is 6.54 Å². The van der Waals surface area contributed by atoms with Crippen molar-refractivity contribution in [3.8, 4) is 11.5 Å². The molecular formula is C13H14ClN3O2S. The van der Waals surface area contributed by atoms with E-state index in [0.717, 1.165) is 23.7 Å². The zero-order valence-electron chi connectivity index (χ0n) is 11.0. The van der Waals surface area contributed by atoms with Crippen LogP contribution in [-0.4, -0.2) is 40.8 Å². The van der Waals surface area contributed by atoms with Gasteiger partial charge in [0.05, 0.1) is 0 Å². The molecule has 106 valence electrons. The molecular weight excluding hydrogens is 298 g/mol. The van der Waals surface area contributed by atoms with Gasteiger partial charge < -0.3 is 9.47 Å². The van der Waals surface area contributed by atoms with Crippen LogP contribution in [0.4, 0.5) is 0 Å². The predicted molar refractivity (Wildman–Crippen MR) is 77.6 cm³/mol. The minimum atomic E-state index is 0.000250. The molecule has 0 unspecified atom stereocenters. The molecule has 0 fully saturated rings. The molecule has 3 rings (SSSR count). The average Bonchev–Trinajstić information content (AvgIpc) is 2.84. The van der Waals surface area contributed by atoms with Gasteiger partial charge in [-0.15, -0.1) is 5.10 Å². The Labute approximate surface area is 126 Å². The van der Waals surface area contributed by atoms with Gasteiger partial charge in [-0.1, -0.05) is 28.2 Å². The van der Waals surface area contributed by atoms with Crippen molar-refractivity contribution in [1.82, 2.24) is 14.5 Å². The molecule has 1 aliphatic rings. The van der Waals surface area contributed by atoms with Crippen molar-refractivity contribution in [2.75, 3.05) is 20.2 Å². The summed E-state index contributed by atoms with van der Waals surface area (Å²) in [5.41, 5.74) is 0.802. The summed E-state index contributed by atoms with van der Waals surface area (Å²) in [5.74, 6) is 1.60. The smallest absolute Gasteiger partial charge is 0.161 e. The van der Waals surface area contributed by atoms with Gasteiger partial charge in [0.2, 0.25) is 0 Å². The fourth-order valence-electron chi connectivity index (χ4n) is 2.11. The lowest BCUT2D eigenvalue weighted by atomic mass is 10.2. The van der Waals surface area contributed by atoms with Gasteiger partial charge in [0.15, 0.2) is 11.5 Å². The van der Waals surface area contributed by atoms with Crippen LogP contribution in [0.15, 0.2) is 24.3 Å². The van der Waals surface area contributed by atoms with E-state index >= 15 is 0 Å². The number of hydrogen-bond donors (Lipinski definition) is 0. The number of benzene rings is 1. The third-order valence-corrected chi connectivity index (χ3v) is 4.00. The number of nitrogens with zero attached hydrogens (tertiary/aromatic N) is 3. The number of ether oxygens (including phenoxy) is 2. The highest BCUT2D eigenvalue weighted by Crippen LogP contribution is 2.31. The van der Waals surface area contributed by atoms with Gasteiger partial charge in [-0.3, -0.25) is 4.90 Å². The zero-order valence-corrected chi connectivity index (χ0v) is 12.5. The summed E-state index contributed by atoms with van der Waals surface area (Å²) in [6, 6.07) is 7.71. The Kier molecular flexibility index (Phi) is 4.05. The zero-order chi connectivity index (χ0) is 13.9. The van der Waals surface area contributed by atoms with Crippen LogP contribution in [0.5, 0.6) is 11.5 Å². The van der Waals surface area contributed by atoms with E-state index in [-0.39, 0.29) is 6.10 Å². The second-order valence-electron chi connectivity index (χ2n) is 4.69. The van der Waals surface area contributed by atoms with E-state index < -0.39 is 0 Å². The molecule has 2 aromatic rings. The van der Waals surface area contributed by atoms with E-state index in [1.165, 1.54) is 11.5 Å². The van der Waals surface area contributed by atoms with Gasteiger partial charge in [0, 0.05) is 24.6 Å². The molecule has 1 aliphatic heterocycles. The first-order valence-corrected chi connectivity index (χ1v) is 7.41. The van der Waals surface area contributed by atoms with E-state index in [2.05, 4.69) is 14.5 Å². The van der Waals surface area contributed by atoms with E-state index in [9.17, 15) is 0 Å². The van der Waals surface area contributed by atoms with Crippen LogP contribution in [0.1, 0.15) is 5.69 Å². The second-order valence-corrected chi connectivity index (χ2v) is 6.04. The van der Waals surface area contributed by atoms with Gasteiger partial charge in [-0.25, -0.2) is 0 Å². The molecule has 5 nitrogen and oxygen atoms in total. The topological polar surface area (TPSA) is 47.5 Å². The van der Waals surface area contributed by atoms with Crippen LogP contribution >= 0.6 is 23.1 Å². The fraction of sp³-hybridized carbons (Fsp3) is 0.385. The maximum atomic E-state index is 6.00. The van der Waals surface area contributed by atoms with Crippen LogP contribution in [0.2, 0.25) is 4.34 Å². The van der Waals surface area contributed by atoms with Crippen LogP contribution in [0.3, 0.4) is 0 Å². The summed E-state index contributed by atoms with van der Waals surface area (Å²) in [6.07, 6.45) is 0.000250. The van der Waals surface area contributed by atoms with Crippen LogP contribution in [0, 0.1) is 0 Å². The van der Waals surface area contributed by atoms with Crippen LogP contribution in [0.25, 0.3) is 0 Å². The normalized spacial score (nSPS) is 17.4. The number of halogens is 1. The van der Waals surface area contributed by atoms with E-state index in [0.29, 0.717) is 17.5 Å². The van der Waals surface area contributed by atoms with Crippen molar-refractivity contribution in [2.45, 2.75) is 12.6 Å². The monoisotopic (exact) mass is 311 g/mol. The lowest BCUT2D eigenvalue weighted by molar-refractivity contribution is 0.0635. The molecule has 7 heteroatoms. The summed E-state index contributed by atoms with van der Waals surface area (Å²) >= 11 is 7.21. The summed E-state index contributed by atoms with van der Waals surface area (Å²) in [6.45, 7) is 1.93. The average molecular weight is 312 g/mol. The summed E-state index contributed by atoms with van der Waals surface area (Å²) in [4.78, 5) is 2.10. The standard InChI is InChI=1S/C13H14ClN3O2S/c1-17(7-10-13(14)20-16-15-10)6-9-8-18-11-4-2-3-5-12(11)19-9/h2-5,9H,6-8H2,1H3/t9-/m0/s1.